The molecule has 0 fully saturated rings. The van der Waals surface area contributed by atoms with Gasteiger partial charge in [-0.25, -0.2) is 4.79 Å². The number of anilines is 1. The van der Waals surface area contributed by atoms with E-state index in [4.69, 9.17) is 0 Å². The van der Waals surface area contributed by atoms with Crippen LogP contribution >= 0.6 is 0 Å². The molecule has 0 saturated carbocycles. The summed E-state index contributed by atoms with van der Waals surface area (Å²) in [6.45, 7) is 5.06. The van der Waals surface area contributed by atoms with E-state index in [1.807, 2.05) is 50.3 Å². The van der Waals surface area contributed by atoms with Crippen molar-refractivity contribution in [3.63, 3.8) is 0 Å². The second-order valence-electron chi connectivity index (χ2n) is 6.16. The Morgan fingerprint density at radius 3 is 2.64 bits per heavy atom. The fourth-order valence-electron chi connectivity index (χ4n) is 2.60. The lowest BCUT2D eigenvalue weighted by Crippen LogP contribution is -2.29. The molecule has 1 aromatic carbocycles. The molecule has 0 aliphatic heterocycles. The Morgan fingerprint density at radius 1 is 1.24 bits per heavy atom. The van der Waals surface area contributed by atoms with E-state index in [2.05, 4.69) is 15.3 Å². The van der Waals surface area contributed by atoms with Crippen LogP contribution in [0.25, 0.3) is 11.2 Å². The van der Waals surface area contributed by atoms with Crippen molar-refractivity contribution in [1.82, 2.24) is 19.1 Å². The van der Waals surface area contributed by atoms with Crippen molar-refractivity contribution in [1.29, 1.82) is 0 Å². The van der Waals surface area contributed by atoms with Crippen molar-refractivity contribution >= 4 is 17.1 Å². The molecule has 0 radical (unpaired) electrons. The summed E-state index contributed by atoms with van der Waals surface area (Å²) in [5, 5.41) is 3.27. The van der Waals surface area contributed by atoms with Gasteiger partial charge in [0, 0.05) is 20.1 Å². The minimum Gasteiger partial charge on any atom is -0.351 e. The maximum absolute atomic E-state index is 12.3. The number of aromatic nitrogens is 4. The van der Waals surface area contributed by atoms with Gasteiger partial charge in [0.05, 0.1) is 0 Å². The highest BCUT2D eigenvalue weighted by molar-refractivity contribution is 5.74. The Morgan fingerprint density at radius 2 is 1.96 bits per heavy atom. The predicted octanol–water partition coefficient (Wildman–Crippen LogP) is 2.00. The smallest absolute Gasteiger partial charge is 0.329 e. The van der Waals surface area contributed by atoms with Gasteiger partial charge in [0.15, 0.2) is 11.2 Å². The van der Waals surface area contributed by atoms with Crippen molar-refractivity contribution in [2.45, 2.75) is 26.9 Å². The first kappa shape index (κ1) is 16.8. The average Bonchev–Trinajstić information content (AvgIpc) is 2.96. The van der Waals surface area contributed by atoms with Gasteiger partial charge >= 0.3 is 5.69 Å². The van der Waals surface area contributed by atoms with Crippen molar-refractivity contribution in [2.75, 3.05) is 5.32 Å². The van der Waals surface area contributed by atoms with Crippen LogP contribution in [0.5, 0.6) is 0 Å². The fraction of sp³-hybridized carbons (Fsp3) is 0.278. The van der Waals surface area contributed by atoms with Gasteiger partial charge < -0.3 is 9.88 Å². The van der Waals surface area contributed by atoms with Crippen molar-refractivity contribution < 1.29 is 0 Å². The Hall–Kier alpha value is -3.09. The zero-order chi connectivity index (χ0) is 18.0. The summed E-state index contributed by atoms with van der Waals surface area (Å²) in [6.07, 6.45) is 2.01. The lowest BCUT2D eigenvalue weighted by molar-refractivity contribution is 0.815. The molecule has 3 rings (SSSR count). The van der Waals surface area contributed by atoms with Crippen LogP contribution in [-0.2, 0) is 20.1 Å². The Kier molecular flexibility index (Phi) is 4.56. The summed E-state index contributed by atoms with van der Waals surface area (Å²) in [7, 11) is 1.60. The molecule has 0 atom stereocenters. The SMILES string of the molecule is CC(C)=CCn1c(NCc2ccccc2)nc2c1c(=O)[nH]c(=O)n2C. The standard InChI is InChI=1S/C18H21N5O2/c1-12(2)9-10-23-14-15(22(3)18(25)21-16(14)24)20-17(23)19-11-13-7-5-4-6-8-13/h4-9H,10-11H2,1-3H3,(H,19,20)(H,21,24,25). The maximum Gasteiger partial charge on any atom is 0.329 e. The van der Waals surface area contributed by atoms with Crippen LogP contribution in [0.3, 0.4) is 0 Å². The number of nitrogens with one attached hydrogen (secondary N) is 2. The lowest BCUT2D eigenvalue weighted by atomic mass is 10.2. The van der Waals surface area contributed by atoms with Crippen LogP contribution < -0.4 is 16.6 Å². The first-order valence-electron chi connectivity index (χ1n) is 8.08. The third-order valence-corrected chi connectivity index (χ3v) is 3.98. The van der Waals surface area contributed by atoms with Crippen LogP contribution in [0.1, 0.15) is 19.4 Å². The molecule has 0 aliphatic carbocycles. The number of imidazole rings is 1. The Bertz CT molecular complexity index is 1040. The van der Waals surface area contributed by atoms with E-state index >= 15 is 0 Å². The van der Waals surface area contributed by atoms with Gasteiger partial charge in [-0.2, -0.15) is 4.98 Å². The average molecular weight is 339 g/mol. The van der Waals surface area contributed by atoms with Crippen LogP contribution in [0.4, 0.5) is 5.95 Å². The highest BCUT2D eigenvalue weighted by Crippen LogP contribution is 2.16. The number of fused-ring (bicyclic) bond motifs is 1. The minimum absolute atomic E-state index is 0.367. The minimum atomic E-state index is -0.473. The number of nitrogens with zero attached hydrogens (tertiary/aromatic N) is 3. The number of hydrogen-bond donors (Lipinski definition) is 2. The van der Waals surface area contributed by atoms with E-state index < -0.39 is 11.2 Å². The van der Waals surface area contributed by atoms with Gasteiger partial charge in [-0.3, -0.25) is 14.3 Å². The summed E-state index contributed by atoms with van der Waals surface area (Å²) >= 11 is 0. The highest BCUT2D eigenvalue weighted by atomic mass is 16.2. The quantitative estimate of drug-likeness (QED) is 0.696. The Labute approximate surface area is 144 Å². The highest BCUT2D eigenvalue weighted by Gasteiger charge is 2.16. The first-order valence-corrected chi connectivity index (χ1v) is 8.08. The summed E-state index contributed by atoms with van der Waals surface area (Å²) in [5.74, 6) is 0.558. The molecule has 25 heavy (non-hydrogen) atoms. The lowest BCUT2D eigenvalue weighted by Gasteiger charge is -2.09. The van der Waals surface area contributed by atoms with Gasteiger partial charge in [-0.15, -0.1) is 0 Å². The molecule has 7 nitrogen and oxygen atoms in total. The summed E-state index contributed by atoms with van der Waals surface area (Å²) in [4.78, 5) is 31.0. The first-order chi connectivity index (χ1) is 12.0. The summed E-state index contributed by atoms with van der Waals surface area (Å²) < 4.78 is 3.15. The van der Waals surface area contributed by atoms with Crippen LogP contribution in [0.15, 0.2) is 51.6 Å². The molecule has 0 spiro atoms. The summed E-state index contributed by atoms with van der Waals surface area (Å²) in [5.41, 5.74) is 2.09. The van der Waals surface area contributed by atoms with E-state index in [1.165, 1.54) is 4.57 Å². The van der Waals surface area contributed by atoms with Crippen molar-refractivity contribution in [3.05, 3.63) is 68.4 Å². The van der Waals surface area contributed by atoms with Crippen LogP contribution in [0.2, 0.25) is 0 Å². The van der Waals surface area contributed by atoms with Gasteiger partial charge in [-0.1, -0.05) is 42.0 Å². The van der Waals surface area contributed by atoms with Crippen molar-refractivity contribution in [3.8, 4) is 0 Å². The predicted molar refractivity (Wildman–Crippen MR) is 98.8 cm³/mol. The molecular weight excluding hydrogens is 318 g/mol. The number of rotatable bonds is 5. The van der Waals surface area contributed by atoms with Crippen LogP contribution in [-0.4, -0.2) is 19.1 Å². The van der Waals surface area contributed by atoms with Gasteiger partial charge in [-0.05, 0) is 19.4 Å². The maximum atomic E-state index is 12.3. The third-order valence-electron chi connectivity index (χ3n) is 3.98. The zero-order valence-corrected chi connectivity index (χ0v) is 14.5. The van der Waals surface area contributed by atoms with Crippen molar-refractivity contribution in [2.24, 2.45) is 7.05 Å². The van der Waals surface area contributed by atoms with E-state index in [0.717, 1.165) is 11.1 Å². The number of aromatic amines is 1. The molecule has 2 aromatic heterocycles. The molecule has 0 saturated heterocycles. The number of H-pyrrole nitrogens is 1. The number of benzene rings is 1. The van der Waals surface area contributed by atoms with E-state index in [1.54, 1.807) is 11.6 Å². The molecule has 0 unspecified atom stereocenters. The monoisotopic (exact) mass is 339 g/mol. The van der Waals surface area contributed by atoms with E-state index in [9.17, 15) is 9.59 Å². The van der Waals surface area contributed by atoms with Crippen LogP contribution in [0, 0.1) is 0 Å². The third kappa shape index (κ3) is 3.40. The van der Waals surface area contributed by atoms with Gasteiger partial charge in [0.2, 0.25) is 5.95 Å². The number of hydrogen-bond acceptors (Lipinski definition) is 4. The molecule has 3 aromatic rings. The second-order valence-corrected chi connectivity index (χ2v) is 6.16. The topological polar surface area (TPSA) is 84.7 Å². The number of allylic oxidation sites excluding steroid dienone is 2. The van der Waals surface area contributed by atoms with E-state index in [-0.39, 0.29) is 0 Å². The Balaban J connectivity index is 2.09. The molecular formula is C18H21N5O2. The normalized spacial score (nSPS) is 10.8. The fourth-order valence-corrected chi connectivity index (χ4v) is 2.60. The molecule has 2 N–H and O–H groups in total. The molecule has 0 amide bonds. The number of aryl methyl sites for hydroxylation is 1. The van der Waals surface area contributed by atoms with Gasteiger partial charge in [0.1, 0.15) is 0 Å². The van der Waals surface area contributed by atoms with Gasteiger partial charge in [0.25, 0.3) is 5.56 Å². The zero-order valence-electron chi connectivity index (χ0n) is 14.5. The molecule has 130 valence electrons. The molecule has 7 heteroatoms. The molecule has 0 bridgehead atoms. The molecule has 0 aliphatic rings. The second kappa shape index (κ2) is 6.80. The largest absolute Gasteiger partial charge is 0.351 e. The summed E-state index contributed by atoms with van der Waals surface area (Å²) in [6, 6.07) is 9.93. The van der Waals surface area contributed by atoms with E-state index in [0.29, 0.717) is 30.2 Å². The molecule has 2 heterocycles.